The number of pyridine rings is 1. The van der Waals surface area contributed by atoms with E-state index in [1.807, 2.05) is 24.3 Å². The first-order chi connectivity index (χ1) is 13.6. The van der Waals surface area contributed by atoms with E-state index >= 15 is 0 Å². The highest BCUT2D eigenvalue weighted by molar-refractivity contribution is 6.30. The molecule has 144 valence electrons. The molecule has 1 aromatic heterocycles. The van der Waals surface area contributed by atoms with Gasteiger partial charge in [0, 0.05) is 28.5 Å². The third-order valence-electron chi connectivity index (χ3n) is 5.32. The molecule has 1 amide bonds. The van der Waals surface area contributed by atoms with Crippen LogP contribution in [0.1, 0.15) is 34.8 Å². The molecule has 1 aliphatic heterocycles. The summed E-state index contributed by atoms with van der Waals surface area (Å²) < 4.78 is 0. The fourth-order valence-corrected chi connectivity index (χ4v) is 4.11. The van der Waals surface area contributed by atoms with Crippen LogP contribution in [0.4, 0.5) is 0 Å². The number of carbonyl (C=O) groups excluding carboxylic acids is 1. The highest BCUT2D eigenvalue weighted by Crippen LogP contribution is 2.26. The number of fused-ring (bicyclic) bond motifs is 1. The minimum Gasteiger partial charge on any atom is -0.350 e. The molecule has 5 nitrogen and oxygen atoms in total. The summed E-state index contributed by atoms with van der Waals surface area (Å²) in [4.78, 5) is 30.0. The molecule has 1 saturated heterocycles. The Morgan fingerprint density at radius 1 is 1.11 bits per heavy atom. The first-order valence-corrected chi connectivity index (χ1v) is 9.89. The fraction of sp³-hybridized carbons (Fsp3) is 0.273. The van der Waals surface area contributed by atoms with Gasteiger partial charge in [0.15, 0.2) is 0 Å². The lowest BCUT2D eigenvalue weighted by Crippen LogP contribution is -2.37. The Kier molecular flexibility index (Phi) is 5.46. The lowest BCUT2D eigenvalue weighted by atomic mass is 10.0. The van der Waals surface area contributed by atoms with Gasteiger partial charge in [-0.15, -0.1) is 0 Å². The molecular weight excluding hydrogens is 374 g/mol. The van der Waals surface area contributed by atoms with Crippen LogP contribution in [0.2, 0.25) is 5.02 Å². The number of aromatic amines is 1. The summed E-state index contributed by atoms with van der Waals surface area (Å²) in [7, 11) is 0. The average Bonchev–Trinajstić information content (AvgIpc) is 3.23. The second kappa shape index (κ2) is 8.17. The zero-order valence-corrected chi connectivity index (χ0v) is 16.2. The molecule has 1 aliphatic rings. The molecule has 0 spiro atoms. The van der Waals surface area contributed by atoms with Crippen LogP contribution in [0.3, 0.4) is 0 Å². The van der Waals surface area contributed by atoms with Gasteiger partial charge in [-0.2, -0.15) is 0 Å². The third kappa shape index (κ3) is 3.81. The van der Waals surface area contributed by atoms with Crippen LogP contribution >= 0.6 is 11.6 Å². The van der Waals surface area contributed by atoms with E-state index in [0.717, 1.165) is 31.5 Å². The summed E-state index contributed by atoms with van der Waals surface area (Å²) in [6, 6.07) is 15.0. The zero-order valence-electron chi connectivity index (χ0n) is 15.5. The average molecular weight is 396 g/mol. The van der Waals surface area contributed by atoms with Gasteiger partial charge < -0.3 is 10.3 Å². The fourth-order valence-electron chi connectivity index (χ4n) is 3.91. The van der Waals surface area contributed by atoms with Gasteiger partial charge >= 0.3 is 0 Å². The van der Waals surface area contributed by atoms with E-state index in [0.29, 0.717) is 27.9 Å². The molecule has 0 saturated carbocycles. The van der Waals surface area contributed by atoms with Gasteiger partial charge in [0.05, 0.1) is 11.6 Å². The van der Waals surface area contributed by atoms with E-state index in [1.165, 1.54) is 6.20 Å². The predicted octanol–water partition coefficient (Wildman–Crippen LogP) is 3.75. The molecule has 0 bridgehead atoms. The number of H-pyrrole nitrogens is 1. The molecule has 6 heteroatoms. The van der Waals surface area contributed by atoms with Crippen LogP contribution in [0.15, 0.2) is 59.5 Å². The number of rotatable bonds is 5. The zero-order chi connectivity index (χ0) is 19.5. The van der Waals surface area contributed by atoms with E-state index < -0.39 is 0 Å². The molecular formula is C22H22ClN3O2. The number of hydrogen-bond donors (Lipinski definition) is 2. The summed E-state index contributed by atoms with van der Waals surface area (Å²) in [5, 5.41) is 4.93. The van der Waals surface area contributed by atoms with Gasteiger partial charge in [0.2, 0.25) is 0 Å². The predicted molar refractivity (Wildman–Crippen MR) is 112 cm³/mol. The van der Waals surface area contributed by atoms with Crippen LogP contribution in [0.5, 0.6) is 0 Å². The van der Waals surface area contributed by atoms with Crippen molar-refractivity contribution in [2.75, 3.05) is 19.6 Å². The van der Waals surface area contributed by atoms with Crippen LogP contribution in [0.25, 0.3) is 10.8 Å². The van der Waals surface area contributed by atoms with Crippen molar-refractivity contribution in [1.82, 2.24) is 15.2 Å². The minimum atomic E-state index is -0.196. The topological polar surface area (TPSA) is 65.2 Å². The number of likely N-dealkylation sites (tertiary alicyclic amines) is 1. The maximum Gasteiger partial charge on any atom is 0.255 e. The lowest BCUT2D eigenvalue weighted by Gasteiger charge is -2.28. The SMILES string of the molecule is O=C(NC[C@H](c1cccc(Cl)c1)N1CCCC1)c1c[nH]c(=O)c2ccccc12. The molecule has 0 unspecified atom stereocenters. The molecule has 28 heavy (non-hydrogen) atoms. The molecule has 2 heterocycles. The van der Waals surface area contributed by atoms with Crippen molar-refractivity contribution >= 4 is 28.3 Å². The molecule has 4 rings (SSSR count). The van der Waals surface area contributed by atoms with Gasteiger partial charge in [-0.1, -0.05) is 41.9 Å². The largest absolute Gasteiger partial charge is 0.350 e. The van der Waals surface area contributed by atoms with E-state index in [1.54, 1.807) is 18.2 Å². The second-order valence-electron chi connectivity index (χ2n) is 7.10. The number of hydrogen-bond acceptors (Lipinski definition) is 3. The quantitative estimate of drug-likeness (QED) is 0.691. The second-order valence-corrected chi connectivity index (χ2v) is 7.54. The Morgan fingerprint density at radius 2 is 1.86 bits per heavy atom. The van der Waals surface area contributed by atoms with Crippen molar-refractivity contribution in [3.05, 3.63) is 81.2 Å². The van der Waals surface area contributed by atoms with Crippen molar-refractivity contribution in [3.63, 3.8) is 0 Å². The Hall–Kier alpha value is -2.63. The van der Waals surface area contributed by atoms with E-state index in [4.69, 9.17) is 11.6 Å². The van der Waals surface area contributed by atoms with Gasteiger partial charge in [-0.05, 0) is 49.7 Å². The highest BCUT2D eigenvalue weighted by atomic mass is 35.5. The number of nitrogens with one attached hydrogen (secondary N) is 2. The first-order valence-electron chi connectivity index (χ1n) is 9.51. The molecule has 2 aromatic carbocycles. The molecule has 1 fully saturated rings. The van der Waals surface area contributed by atoms with Gasteiger partial charge in [0.25, 0.3) is 11.5 Å². The normalized spacial score (nSPS) is 15.6. The highest BCUT2D eigenvalue weighted by Gasteiger charge is 2.24. The Labute approximate surface area is 168 Å². The number of halogens is 1. The number of carbonyl (C=O) groups is 1. The summed E-state index contributed by atoms with van der Waals surface area (Å²) in [5.74, 6) is -0.196. The third-order valence-corrected chi connectivity index (χ3v) is 5.56. The Balaban J connectivity index is 1.58. The van der Waals surface area contributed by atoms with Gasteiger partial charge in [0.1, 0.15) is 0 Å². The summed E-state index contributed by atoms with van der Waals surface area (Å²) in [6.45, 7) is 2.50. The monoisotopic (exact) mass is 395 g/mol. The minimum absolute atomic E-state index is 0.0687. The van der Waals surface area contributed by atoms with Crippen molar-refractivity contribution in [2.24, 2.45) is 0 Å². The van der Waals surface area contributed by atoms with Crippen LogP contribution in [0, 0.1) is 0 Å². The standard InChI is InChI=1S/C22H22ClN3O2/c23-16-7-5-6-15(12-16)20(26-10-3-4-11-26)14-25-22(28)19-13-24-21(27)18-9-2-1-8-17(18)19/h1-2,5-9,12-13,20H,3-4,10-11,14H2,(H,24,27)(H,25,28)/t20-/m1/s1. The Bertz CT molecular complexity index is 1060. The maximum atomic E-state index is 12.9. The van der Waals surface area contributed by atoms with Crippen LogP contribution < -0.4 is 10.9 Å². The smallest absolute Gasteiger partial charge is 0.255 e. The number of nitrogens with zero attached hydrogens (tertiary/aromatic N) is 1. The van der Waals surface area contributed by atoms with Crippen molar-refractivity contribution in [3.8, 4) is 0 Å². The Morgan fingerprint density at radius 3 is 2.61 bits per heavy atom. The summed E-state index contributed by atoms with van der Waals surface area (Å²) in [5.41, 5.74) is 1.38. The summed E-state index contributed by atoms with van der Waals surface area (Å²) in [6.07, 6.45) is 3.81. The van der Waals surface area contributed by atoms with Crippen molar-refractivity contribution in [2.45, 2.75) is 18.9 Å². The van der Waals surface area contributed by atoms with Gasteiger partial charge in [-0.3, -0.25) is 14.5 Å². The molecule has 0 aliphatic carbocycles. The number of aromatic nitrogens is 1. The molecule has 2 N–H and O–H groups in total. The van der Waals surface area contributed by atoms with E-state index in [-0.39, 0.29) is 17.5 Å². The van der Waals surface area contributed by atoms with Crippen molar-refractivity contribution in [1.29, 1.82) is 0 Å². The molecule has 1 atom stereocenters. The molecule has 0 radical (unpaired) electrons. The van der Waals surface area contributed by atoms with Crippen LogP contribution in [-0.2, 0) is 0 Å². The van der Waals surface area contributed by atoms with Crippen LogP contribution in [-0.4, -0.2) is 35.4 Å². The number of amides is 1. The van der Waals surface area contributed by atoms with Crippen molar-refractivity contribution < 1.29 is 4.79 Å². The lowest BCUT2D eigenvalue weighted by molar-refractivity contribution is 0.0939. The maximum absolute atomic E-state index is 12.9. The first kappa shape index (κ1) is 18.7. The van der Waals surface area contributed by atoms with E-state index in [2.05, 4.69) is 21.3 Å². The van der Waals surface area contributed by atoms with E-state index in [9.17, 15) is 9.59 Å². The molecule has 3 aromatic rings. The number of benzene rings is 2. The summed E-state index contributed by atoms with van der Waals surface area (Å²) >= 11 is 6.19. The van der Waals surface area contributed by atoms with Gasteiger partial charge in [-0.25, -0.2) is 0 Å².